The van der Waals surface area contributed by atoms with Gasteiger partial charge in [-0.05, 0) is 35.8 Å². The van der Waals surface area contributed by atoms with Gasteiger partial charge in [0, 0.05) is 0 Å². The van der Waals surface area contributed by atoms with Crippen molar-refractivity contribution in [1.82, 2.24) is 0 Å². The van der Waals surface area contributed by atoms with Crippen LogP contribution in [0.25, 0.3) is 0 Å². The number of benzene rings is 1. The maximum absolute atomic E-state index is 2.39. The van der Waals surface area contributed by atoms with Gasteiger partial charge in [0.25, 0.3) is 0 Å². The number of rotatable bonds is 2. The molecule has 0 heteroatoms. The van der Waals surface area contributed by atoms with Crippen molar-refractivity contribution in [2.75, 3.05) is 0 Å². The molecular weight excluding hydrogens is 168 g/mol. The number of hydrogen-bond acceptors (Lipinski definition) is 0. The summed E-state index contributed by atoms with van der Waals surface area (Å²) in [5.74, 6) is 1.73. The fourth-order valence-electron chi connectivity index (χ4n) is 2.64. The zero-order valence-electron chi connectivity index (χ0n) is 9.29. The van der Waals surface area contributed by atoms with Crippen LogP contribution in [0.3, 0.4) is 0 Å². The molecule has 1 aliphatic carbocycles. The van der Waals surface area contributed by atoms with Crippen molar-refractivity contribution >= 4 is 0 Å². The molecule has 0 saturated heterocycles. The second-order valence-corrected chi connectivity index (χ2v) is 4.61. The molecule has 2 unspecified atom stereocenters. The summed E-state index contributed by atoms with van der Waals surface area (Å²) in [6.07, 6.45) is 5.38. The molecule has 0 heterocycles. The van der Waals surface area contributed by atoms with E-state index in [0.29, 0.717) is 0 Å². The van der Waals surface area contributed by atoms with E-state index >= 15 is 0 Å². The van der Waals surface area contributed by atoms with E-state index in [1.54, 1.807) is 5.56 Å². The minimum absolute atomic E-state index is 0.834. The van der Waals surface area contributed by atoms with Crippen LogP contribution < -0.4 is 0 Å². The Morgan fingerprint density at radius 2 is 1.86 bits per heavy atom. The summed E-state index contributed by atoms with van der Waals surface area (Å²) in [5.41, 5.74) is 3.02. The third kappa shape index (κ3) is 1.84. The van der Waals surface area contributed by atoms with Crippen LogP contribution in [0.1, 0.15) is 50.2 Å². The maximum atomic E-state index is 2.39. The Kier molecular flexibility index (Phi) is 2.90. The van der Waals surface area contributed by atoms with E-state index in [4.69, 9.17) is 0 Å². The van der Waals surface area contributed by atoms with Gasteiger partial charge in [-0.2, -0.15) is 0 Å². The Morgan fingerprint density at radius 3 is 2.36 bits per heavy atom. The highest BCUT2D eigenvalue weighted by Gasteiger charge is 2.24. The minimum atomic E-state index is 0.834. The normalized spacial score (nSPS) is 26.7. The molecule has 1 aromatic rings. The van der Waals surface area contributed by atoms with Crippen LogP contribution in [0, 0.1) is 5.92 Å². The second kappa shape index (κ2) is 4.16. The van der Waals surface area contributed by atoms with Gasteiger partial charge in [-0.3, -0.25) is 0 Å². The lowest BCUT2D eigenvalue weighted by atomic mass is 9.90. The Bertz CT molecular complexity index is 283. The van der Waals surface area contributed by atoms with Crippen LogP contribution in [0.15, 0.2) is 24.3 Å². The first kappa shape index (κ1) is 9.76. The summed E-state index contributed by atoms with van der Waals surface area (Å²) in [4.78, 5) is 0. The van der Waals surface area contributed by atoms with Gasteiger partial charge in [0.2, 0.25) is 0 Å². The molecule has 0 radical (unpaired) electrons. The SMILES string of the molecule is CCc1ccc(C2CCCC2C)cc1. The van der Waals surface area contributed by atoms with Crippen LogP contribution in [-0.4, -0.2) is 0 Å². The molecule has 14 heavy (non-hydrogen) atoms. The maximum Gasteiger partial charge on any atom is -0.0136 e. The lowest BCUT2D eigenvalue weighted by Crippen LogP contribution is -2.01. The highest BCUT2D eigenvalue weighted by atomic mass is 14.3. The van der Waals surface area contributed by atoms with Gasteiger partial charge in [0.05, 0.1) is 0 Å². The fraction of sp³-hybridized carbons (Fsp3) is 0.571. The first-order valence-electron chi connectivity index (χ1n) is 5.90. The van der Waals surface area contributed by atoms with E-state index in [-0.39, 0.29) is 0 Å². The molecule has 0 aliphatic heterocycles. The monoisotopic (exact) mass is 188 g/mol. The van der Waals surface area contributed by atoms with Crippen molar-refractivity contribution < 1.29 is 0 Å². The van der Waals surface area contributed by atoms with Gasteiger partial charge in [0.15, 0.2) is 0 Å². The zero-order valence-corrected chi connectivity index (χ0v) is 9.29. The van der Waals surface area contributed by atoms with Gasteiger partial charge < -0.3 is 0 Å². The van der Waals surface area contributed by atoms with E-state index in [1.807, 2.05) is 0 Å². The summed E-state index contributed by atoms with van der Waals surface area (Å²) >= 11 is 0. The molecule has 0 N–H and O–H groups in total. The summed E-state index contributed by atoms with van der Waals surface area (Å²) in [6, 6.07) is 9.26. The van der Waals surface area contributed by atoms with E-state index in [2.05, 4.69) is 38.1 Å². The van der Waals surface area contributed by atoms with Crippen LogP contribution in [0.2, 0.25) is 0 Å². The average Bonchev–Trinajstić information content (AvgIpc) is 2.65. The molecule has 76 valence electrons. The highest BCUT2D eigenvalue weighted by molar-refractivity contribution is 5.26. The first-order chi connectivity index (χ1) is 6.81. The van der Waals surface area contributed by atoms with Crippen molar-refractivity contribution in [1.29, 1.82) is 0 Å². The highest BCUT2D eigenvalue weighted by Crippen LogP contribution is 2.39. The fourth-order valence-corrected chi connectivity index (χ4v) is 2.64. The Labute approximate surface area is 87.3 Å². The van der Waals surface area contributed by atoms with Crippen molar-refractivity contribution in [3.05, 3.63) is 35.4 Å². The molecule has 0 nitrogen and oxygen atoms in total. The van der Waals surface area contributed by atoms with Crippen LogP contribution in [-0.2, 0) is 6.42 Å². The molecule has 0 amide bonds. The molecule has 1 fully saturated rings. The molecule has 1 aromatic carbocycles. The largest absolute Gasteiger partial charge is 0.0619 e. The molecule has 1 saturated carbocycles. The van der Waals surface area contributed by atoms with Crippen molar-refractivity contribution in [3.8, 4) is 0 Å². The molecule has 1 aliphatic rings. The standard InChI is InChI=1S/C14H20/c1-3-12-7-9-13(10-8-12)14-6-4-5-11(14)2/h7-11,14H,3-6H2,1-2H3. The number of hydrogen-bond donors (Lipinski definition) is 0. The van der Waals surface area contributed by atoms with Crippen LogP contribution >= 0.6 is 0 Å². The first-order valence-corrected chi connectivity index (χ1v) is 5.90. The zero-order chi connectivity index (χ0) is 9.97. The van der Waals surface area contributed by atoms with Gasteiger partial charge in [-0.1, -0.05) is 51.0 Å². The topological polar surface area (TPSA) is 0 Å². The minimum Gasteiger partial charge on any atom is -0.0619 e. The van der Waals surface area contributed by atoms with Crippen molar-refractivity contribution in [2.24, 2.45) is 5.92 Å². The van der Waals surface area contributed by atoms with E-state index in [9.17, 15) is 0 Å². The molecule has 0 aromatic heterocycles. The number of aryl methyl sites for hydroxylation is 1. The Balaban J connectivity index is 2.16. The van der Waals surface area contributed by atoms with Crippen molar-refractivity contribution in [2.45, 2.75) is 45.4 Å². The molecule has 0 bridgehead atoms. The van der Waals surface area contributed by atoms with Crippen LogP contribution in [0.4, 0.5) is 0 Å². The van der Waals surface area contributed by atoms with Crippen LogP contribution in [0.5, 0.6) is 0 Å². The third-order valence-electron chi connectivity index (χ3n) is 3.68. The summed E-state index contributed by atoms with van der Waals surface area (Å²) in [5, 5.41) is 0. The third-order valence-corrected chi connectivity index (χ3v) is 3.68. The second-order valence-electron chi connectivity index (χ2n) is 4.61. The Hall–Kier alpha value is -0.780. The summed E-state index contributed by atoms with van der Waals surface area (Å²) in [7, 11) is 0. The summed E-state index contributed by atoms with van der Waals surface area (Å²) < 4.78 is 0. The smallest absolute Gasteiger partial charge is 0.0136 e. The van der Waals surface area contributed by atoms with E-state index in [1.165, 1.54) is 24.8 Å². The summed E-state index contributed by atoms with van der Waals surface area (Å²) in [6.45, 7) is 4.61. The molecule has 0 spiro atoms. The van der Waals surface area contributed by atoms with Gasteiger partial charge in [-0.25, -0.2) is 0 Å². The van der Waals surface area contributed by atoms with Gasteiger partial charge in [0.1, 0.15) is 0 Å². The molecule has 2 atom stereocenters. The molecule has 2 rings (SSSR count). The lowest BCUT2D eigenvalue weighted by Gasteiger charge is -2.15. The predicted molar refractivity (Wildman–Crippen MR) is 61.6 cm³/mol. The quantitative estimate of drug-likeness (QED) is 0.654. The molecular formula is C14H20. The van der Waals surface area contributed by atoms with E-state index < -0.39 is 0 Å². The van der Waals surface area contributed by atoms with Gasteiger partial charge in [-0.15, -0.1) is 0 Å². The lowest BCUT2D eigenvalue weighted by molar-refractivity contribution is 0.533. The predicted octanol–water partition coefficient (Wildman–Crippen LogP) is 4.15. The average molecular weight is 188 g/mol. The Morgan fingerprint density at radius 1 is 1.14 bits per heavy atom. The van der Waals surface area contributed by atoms with E-state index in [0.717, 1.165) is 18.3 Å². The van der Waals surface area contributed by atoms with Crippen molar-refractivity contribution in [3.63, 3.8) is 0 Å². The van der Waals surface area contributed by atoms with Gasteiger partial charge >= 0.3 is 0 Å².